The minimum absolute atomic E-state index is 0.0130. The third kappa shape index (κ3) is 3.97. The summed E-state index contributed by atoms with van der Waals surface area (Å²) in [5, 5.41) is 0. The minimum atomic E-state index is -4.31. The quantitative estimate of drug-likeness (QED) is 0.676. The van der Waals surface area contributed by atoms with Gasteiger partial charge in [-0.15, -0.1) is 11.8 Å². The Morgan fingerprint density at radius 3 is 2.46 bits per heavy atom. The highest BCUT2D eigenvalue weighted by Crippen LogP contribution is 2.33. The molecule has 3 rings (SSSR count). The normalized spacial score (nSPS) is 13.0. The second-order valence-electron chi connectivity index (χ2n) is 5.15. The molecule has 0 aliphatic heterocycles. The van der Waals surface area contributed by atoms with Crippen LogP contribution in [-0.4, -0.2) is 20.7 Å². The smallest absolute Gasteiger partial charge is 0.348 e. The minimum Gasteiger partial charge on any atom is -0.348 e. The fraction of sp³-hybridized carbons (Fsp3) is 0.176. The number of hydrogen-bond donors (Lipinski definition) is 1. The number of pyridine rings is 1. The number of H-pyrrole nitrogens is 1. The maximum atomic E-state index is 12.6. The fourth-order valence-corrected chi connectivity index (χ4v) is 3.33. The Balaban J connectivity index is 1.75. The number of thioether (sulfide) groups is 1. The molecule has 1 atom stereocenters. The maximum absolute atomic E-state index is 12.6. The number of imidazole rings is 1. The van der Waals surface area contributed by atoms with E-state index in [1.807, 2.05) is 18.2 Å². The highest BCUT2D eigenvalue weighted by atomic mass is 32.2. The number of alkyl halides is 3. The van der Waals surface area contributed by atoms with E-state index in [1.54, 1.807) is 18.7 Å². The SMILES string of the molecule is FC(F)(F)c1ccc(SCC(c2ccccn2)c2cnc[nH]2)cc1. The Kier molecular flexibility index (Phi) is 4.89. The van der Waals surface area contributed by atoms with Gasteiger partial charge in [0.25, 0.3) is 0 Å². The van der Waals surface area contributed by atoms with Gasteiger partial charge in [0, 0.05) is 28.7 Å². The first-order valence-electron chi connectivity index (χ1n) is 7.23. The largest absolute Gasteiger partial charge is 0.416 e. The van der Waals surface area contributed by atoms with Crippen molar-refractivity contribution in [2.75, 3.05) is 5.75 Å². The van der Waals surface area contributed by atoms with Gasteiger partial charge in [-0.1, -0.05) is 6.07 Å². The third-order valence-electron chi connectivity index (χ3n) is 3.54. The predicted molar refractivity (Wildman–Crippen MR) is 86.8 cm³/mol. The van der Waals surface area contributed by atoms with Crippen LogP contribution in [0.4, 0.5) is 13.2 Å². The van der Waals surface area contributed by atoms with Crippen molar-refractivity contribution in [3.8, 4) is 0 Å². The van der Waals surface area contributed by atoms with Gasteiger partial charge in [-0.25, -0.2) is 4.98 Å². The first-order valence-corrected chi connectivity index (χ1v) is 8.22. The zero-order valence-electron chi connectivity index (χ0n) is 12.5. The Bertz CT molecular complexity index is 756. The van der Waals surface area contributed by atoms with Gasteiger partial charge in [0.1, 0.15) is 0 Å². The zero-order valence-corrected chi connectivity index (χ0v) is 13.3. The lowest BCUT2D eigenvalue weighted by Crippen LogP contribution is -2.07. The summed E-state index contributed by atoms with van der Waals surface area (Å²) in [5.41, 5.74) is 1.18. The van der Waals surface area contributed by atoms with E-state index in [-0.39, 0.29) is 5.92 Å². The first kappa shape index (κ1) is 16.6. The molecule has 3 nitrogen and oxygen atoms in total. The van der Waals surface area contributed by atoms with Gasteiger partial charge in [-0.3, -0.25) is 4.98 Å². The number of rotatable bonds is 5. The molecule has 1 aromatic carbocycles. The summed E-state index contributed by atoms with van der Waals surface area (Å²) < 4.78 is 37.8. The van der Waals surface area contributed by atoms with Crippen molar-refractivity contribution >= 4 is 11.8 Å². The molecule has 0 amide bonds. The van der Waals surface area contributed by atoms with Gasteiger partial charge in [-0.2, -0.15) is 13.2 Å². The summed E-state index contributed by atoms with van der Waals surface area (Å²) in [6.07, 6.45) is 0.762. The monoisotopic (exact) mass is 349 g/mol. The molecule has 2 heterocycles. The van der Waals surface area contributed by atoms with E-state index in [1.165, 1.54) is 23.9 Å². The molecule has 0 aliphatic carbocycles. The number of halogens is 3. The van der Waals surface area contributed by atoms with Crippen LogP contribution in [0.15, 0.2) is 66.1 Å². The standard InChI is InChI=1S/C17H14F3N3S/c18-17(19,20)12-4-6-13(7-5-12)24-10-14(16-9-21-11-23-16)15-3-1-2-8-22-15/h1-9,11,14H,10H2,(H,21,23). The summed E-state index contributed by atoms with van der Waals surface area (Å²) in [4.78, 5) is 12.3. The molecule has 0 spiro atoms. The lowest BCUT2D eigenvalue weighted by atomic mass is 10.0. The van der Waals surface area contributed by atoms with Gasteiger partial charge in [0.15, 0.2) is 0 Å². The molecule has 1 unspecified atom stereocenters. The Morgan fingerprint density at radius 2 is 1.88 bits per heavy atom. The van der Waals surface area contributed by atoms with Crippen molar-refractivity contribution in [3.63, 3.8) is 0 Å². The number of nitrogens with one attached hydrogen (secondary N) is 1. The van der Waals surface area contributed by atoms with Crippen LogP contribution in [0.5, 0.6) is 0 Å². The number of aromatic amines is 1. The summed E-state index contributed by atoms with van der Waals surface area (Å²) in [6, 6.07) is 10.9. The molecule has 7 heteroatoms. The average Bonchev–Trinajstić information content (AvgIpc) is 3.10. The van der Waals surface area contributed by atoms with Crippen molar-refractivity contribution in [2.24, 2.45) is 0 Å². The summed E-state index contributed by atoms with van der Waals surface area (Å²) in [5.74, 6) is 0.630. The summed E-state index contributed by atoms with van der Waals surface area (Å²) in [6.45, 7) is 0. The van der Waals surface area contributed by atoms with Gasteiger partial charge >= 0.3 is 6.18 Å². The molecule has 24 heavy (non-hydrogen) atoms. The van der Waals surface area contributed by atoms with Crippen LogP contribution in [0.25, 0.3) is 0 Å². The van der Waals surface area contributed by atoms with Crippen molar-refractivity contribution in [3.05, 3.63) is 78.1 Å². The van der Waals surface area contributed by atoms with Gasteiger partial charge in [-0.05, 0) is 36.4 Å². The lowest BCUT2D eigenvalue weighted by Gasteiger charge is -2.15. The van der Waals surface area contributed by atoms with E-state index >= 15 is 0 Å². The fourth-order valence-electron chi connectivity index (χ4n) is 2.29. The molecule has 124 valence electrons. The molecular weight excluding hydrogens is 335 g/mol. The molecule has 0 aliphatic rings. The van der Waals surface area contributed by atoms with Crippen LogP contribution in [-0.2, 0) is 6.18 Å². The van der Waals surface area contributed by atoms with E-state index < -0.39 is 11.7 Å². The van der Waals surface area contributed by atoms with E-state index in [0.29, 0.717) is 5.75 Å². The Morgan fingerprint density at radius 1 is 1.08 bits per heavy atom. The molecule has 0 radical (unpaired) electrons. The molecule has 2 aromatic heterocycles. The van der Waals surface area contributed by atoms with Gasteiger partial charge in [0.05, 0.1) is 23.5 Å². The molecule has 0 saturated carbocycles. The molecular formula is C17H14F3N3S. The lowest BCUT2D eigenvalue weighted by molar-refractivity contribution is -0.137. The molecule has 3 aromatic rings. The second-order valence-corrected chi connectivity index (χ2v) is 6.24. The number of nitrogens with zero attached hydrogens (tertiary/aromatic N) is 2. The van der Waals surface area contributed by atoms with Crippen LogP contribution in [0.1, 0.15) is 22.9 Å². The number of hydrogen-bond acceptors (Lipinski definition) is 3. The van der Waals surface area contributed by atoms with Crippen LogP contribution >= 0.6 is 11.8 Å². The molecule has 0 saturated heterocycles. The van der Waals surface area contributed by atoms with Crippen molar-refractivity contribution < 1.29 is 13.2 Å². The highest BCUT2D eigenvalue weighted by molar-refractivity contribution is 7.99. The van der Waals surface area contributed by atoms with Crippen LogP contribution in [0, 0.1) is 0 Å². The third-order valence-corrected chi connectivity index (χ3v) is 4.64. The number of benzene rings is 1. The van der Waals surface area contributed by atoms with Crippen molar-refractivity contribution in [1.29, 1.82) is 0 Å². The van der Waals surface area contributed by atoms with Crippen LogP contribution in [0.3, 0.4) is 0 Å². The topological polar surface area (TPSA) is 41.6 Å². The average molecular weight is 349 g/mol. The predicted octanol–water partition coefficient (Wildman–Crippen LogP) is 4.75. The second kappa shape index (κ2) is 7.09. The first-order chi connectivity index (χ1) is 11.5. The zero-order chi connectivity index (χ0) is 17.0. The van der Waals surface area contributed by atoms with E-state index in [2.05, 4.69) is 15.0 Å². The molecule has 0 bridgehead atoms. The van der Waals surface area contributed by atoms with E-state index in [4.69, 9.17) is 0 Å². The highest BCUT2D eigenvalue weighted by Gasteiger charge is 2.30. The van der Waals surface area contributed by atoms with Crippen molar-refractivity contribution in [2.45, 2.75) is 17.0 Å². The van der Waals surface area contributed by atoms with E-state index in [9.17, 15) is 13.2 Å². The van der Waals surface area contributed by atoms with Gasteiger partial charge < -0.3 is 4.98 Å². The Labute approximate surface area is 141 Å². The van der Waals surface area contributed by atoms with Gasteiger partial charge in [0.2, 0.25) is 0 Å². The van der Waals surface area contributed by atoms with Crippen LogP contribution < -0.4 is 0 Å². The van der Waals surface area contributed by atoms with E-state index in [0.717, 1.165) is 28.4 Å². The maximum Gasteiger partial charge on any atom is 0.416 e. The Hall–Kier alpha value is -2.28. The molecule has 0 fully saturated rings. The molecule has 1 N–H and O–H groups in total. The van der Waals surface area contributed by atoms with Crippen molar-refractivity contribution in [1.82, 2.24) is 15.0 Å². The number of aromatic nitrogens is 3. The summed E-state index contributed by atoms with van der Waals surface area (Å²) in [7, 11) is 0. The summed E-state index contributed by atoms with van der Waals surface area (Å²) >= 11 is 1.49. The van der Waals surface area contributed by atoms with Crippen LogP contribution in [0.2, 0.25) is 0 Å².